The van der Waals surface area contributed by atoms with E-state index in [2.05, 4.69) is 5.10 Å². The van der Waals surface area contributed by atoms with Gasteiger partial charge in [0.2, 0.25) is 0 Å². The van der Waals surface area contributed by atoms with Gasteiger partial charge in [-0.1, -0.05) is 29.8 Å². The summed E-state index contributed by atoms with van der Waals surface area (Å²) in [6.45, 7) is 11.0. The molecule has 7 nitrogen and oxygen atoms in total. The van der Waals surface area contributed by atoms with E-state index in [-0.39, 0.29) is 24.5 Å². The minimum absolute atomic E-state index is 0.123. The third-order valence-corrected chi connectivity index (χ3v) is 6.28. The molecule has 1 saturated heterocycles. The Balaban J connectivity index is 1.74. The van der Waals surface area contributed by atoms with E-state index in [1.54, 1.807) is 29.5 Å². The molecule has 0 spiro atoms. The zero-order valence-corrected chi connectivity index (χ0v) is 20.2. The van der Waals surface area contributed by atoms with Crippen molar-refractivity contribution in [2.45, 2.75) is 72.0 Å². The van der Waals surface area contributed by atoms with Gasteiger partial charge in [-0.3, -0.25) is 14.3 Å². The number of aryl methyl sites for hydroxylation is 1. The topological polar surface area (TPSA) is 81.5 Å². The lowest BCUT2D eigenvalue weighted by atomic mass is 9.79. The Kier molecular flexibility index (Phi) is 6.52. The SMILES string of the molecule is Cc1nn(Cc2ccccc2Cl)c(C)c1C(=O)OCC(=O)N1C(C)(C)CC(=O)CC1(C)C. The predicted molar refractivity (Wildman–Crippen MR) is 122 cm³/mol. The second-order valence-corrected chi connectivity index (χ2v) is 10.0. The second kappa shape index (κ2) is 8.70. The van der Waals surface area contributed by atoms with Crippen molar-refractivity contribution in [3.63, 3.8) is 0 Å². The van der Waals surface area contributed by atoms with Gasteiger partial charge in [-0.15, -0.1) is 0 Å². The van der Waals surface area contributed by atoms with Crippen LogP contribution in [-0.4, -0.2) is 50.0 Å². The van der Waals surface area contributed by atoms with Crippen LogP contribution in [0.3, 0.4) is 0 Å². The van der Waals surface area contributed by atoms with Crippen LogP contribution in [0, 0.1) is 13.8 Å². The van der Waals surface area contributed by atoms with Gasteiger partial charge >= 0.3 is 5.97 Å². The van der Waals surface area contributed by atoms with E-state index in [1.807, 2.05) is 45.9 Å². The Morgan fingerprint density at radius 3 is 2.28 bits per heavy atom. The normalized spacial score (nSPS) is 17.3. The minimum atomic E-state index is -0.645. The van der Waals surface area contributed by atoms with E-state index in [4.69, 9.17) is 16.3 Å². The molecule has 1 aromatic carbocycles. The Hall–Kier alpha value is -2.67. The Labute approximate surface area is 193 Å². The third-order valence-electron chi connectivity index (χ3n) is 5.91. The van der Waals surface area contributed by atoms with Crippen molar-refractivity contribution < 1.29 is 19.1 Å². The summed E-state index contributed by atoms with van der Waals surface area (Å²) in [6.07, 6.45) is 0.562. The molecule has 0 unspecified atom stereocenters. The fraction of sp³-hybridized carbons (Fsp3) is 0.500. The quantitative estimate of drug-likeness (QED) is 0.628. The Morgan fingerprint density at radius 1 is 1.09 bits per heavy atom. The largest absolute Gasteiger partial charge is 0.452 e. The lowest BCUT2D eigenvalue weighted by molar-refractivity contribution is -0.156. The van der Waals surface area contributed by atoms with Crippen LogP contribution in [0.2, 0.25) is 5.02 Å². The van der Waals surface area contributed by atoms with Crippen LogP contribution in [0.25, 0.3) is 0 Å². The molecule has 0 atom stereocenters. The highest BCUT2D eigenvalue weighted by Crippen LogP contribution is 2.36. The molecule has 3 rings (SSSR count). The molecule has 1 aliphatic rings. The predicted octanol–water partition coefficient (Wildman–Crippen LogP) is 4.11. The first-order valence-corrected chi connectivity index (χ1v) is 11.0. The summed E-state index contributed by atoms with van der Waals surface area (Å²) in [5, 5.41) is 5.09. The van der Waals surface area contributed by atoms with Gasteiger partial charge in [-0.25, -0.2) is 4.79 Å². The van der Waals surface area contributed by atoms with Gasteiger partial charge < -0.3 is 9.64 Å². The summed E-state index contributed by atoms with van der Waals surface area (Å²) in [4.78, 5) is 39.7. The minimum Gasteiger partial charge on any atom is -0.452 e. The van der Waals surface area contributed by atoms with E-state index >= 15 is 0 Å². The summed E-state index contributed by atoms with van der Waals surface area (Å²) in [7, 11) is 0. The van der Waals surface area contributed by atoms with Crippen LogP contribution in [0.4, 0.5) is 0 Å². The van der Waals surface area contributed by atoms with Crippen molar-refractivity contribution in [1.82, 2.24) is 14.7 Å². The van der Waals surface area contributed by atoms with Crippen LogP contribution >= 0.6 is 11.6 Å². The molecule has 0 N–H and O–H groups in total. The van der Waals surface area contributed by atoms with Crippen LogP contribution < -0.4 is 0 Å². The molecule has 32 heavy (non-hydrogen) atoms. The van der Waals surface area contributed by atoms with Crippen LogP contribution in [0.1, 0.15) is 67.8 Å². The second-order valence-electron chi connectivity index (χ2n) is 9.62. The van der Waals surface area contributed by atoms with E-state index in [0.717, 1.165) is 5.56 Å². The highest BCUT2D eigenvalue weighted by Gasteiger charge is 2.47. The number of nitrogens with zero attached hydrogens (tertiary/aromatic N) is 3. The number of ether oxygens (including phenoxy) is 1. The van der Waals surface area contributed by atoms with Gasteiger partial charge in [0.15, 0.2) is 6.61 Å². The van der Waals surface area contributed by atoms with Crippen molar-refractivity contribution in [2.24, 2.45) is 0 Å². The molecular formula is C24H30ClN3O4. The average molecular weight is 460 g/mol. The maximum absolute atomic E-state index is 13.0. The van der Waals surface area contributed by atoms with E-state index in [0.29, 0.717) is 28.5 Å². The monoisotopic (exact) mass is 459 g/mol. The molecule has 172 valence electrons. The van der Waals surface area contributed by atoms with E-state index in [9.17, 15) is 14.4 Å². The van der Waals surface area contributed by atoms with Crippen molar-refractivity contribution in [1.29, 1.82) is 0 Å². The maximum atomic E-state index is 13.0. The molecule has 2 heterocycles. The zero-order chi connectivity index (χ0) is 23.8. The van der Waals surface area contributed by atoms with Crippen molar-refractivity contribution in [3.8, 4) is 0 Å². The molecule has 2 aromatic rings. The average Bonchev–Trinajstić information content (AvgIpc) is 2.92. The number of hydrogen-bond acceptors (Lipinski definition) is 5. The molecule has 1 fully saturated rings. The van der Waals surface area contributed by atoms with Gasteiger partial charge in [0.05, 0.1) is 17.9 Å². The number of rotatable bonds is 5. The van der Waals surface area contributed by atoms with Gasteiger partial charge in [-0.05, 0) is 53.2 Å². The first-order chi connectivity index (χ1) is 14.8. The van der Waals surface area contributed by atoms with Gasteiger partial charge in [0.25, 0.3) is 5.91 Å². The highest BCUT2D eigenvalue weighted by atomic mass is 35.5. The molecular weight excluding hydrogens is 430 g/mol. The molecule has 0 saturated carbocycles. The summed E-state index contributed by atoms with van der Waals surface area (Å²) in [5.41, 5.74) is 1.11. The number of hydrogen-bond donors (Lipinski definition) is 0. The van der Waals surface area contributed by atoms with Crippen molar-refractivity contribution in [3.05, 3.63) is 51.8 Å². The molecule has 1 amide bonds. The Bertz CT molecular complexity index is 1050. The number of piperidine rings is 1. The molecule has 0 aliphatic carbocycles. The summed E-state index contributed by atoms with van der Waals surface area (Å²) >= 11 is 6.25. The summed E-state index contributed by atoms with van der Waals surface area (Å²) < 4.78 is 7.12. The fourth-order valence-corrected chi connectivity index (χ4v) is 5.07. The van der Waals surface area contributed by atoms with Crippen LogP contribution in [-0.2, 0) is 20.9 Å². The number of esters is 1. The maximum Gasteiger partial charge on any atom is 0.342 e. The van der Waals surface area contributed by atoms with Gasteiger partial charge in [-0.2, -0.15) is 5.10 Å². The number of likely N-dealkylation sites (tertiary alicyclic amines) is 1. The molecule has 8 heteroatoms. The smallest absolute Gasteiger partial charge is 0.342 e. The van der Waals surface area contributed by atoms with Crippen LogP contribution in [0.15, 0.2) is 24.3 Å². The number of amides is 1. The molecule has 1 aromatic heterocycles. The Morgan fingerprint density at radius 2 is 1.69 bits per heavy atom. The molecule has 0 bridgehead atoms. The van der Waals surface area contributed by atoms with Gasteiger partial charge in [0, 0.05) is 28.9 Å². The standard InChI is InChI=1S/C24H30ClN3O4/c1-15-21(16(2)27(26-15)13-17-9-7-8-10-19(17)25)22(31)32-14-20(30)28-23(3,4)11-18(29)12-24(28,5)6/h7-10H,11-14H2,1-6H3. The number of halogens is 1. The summed E-state index contributed by atoms with van der Waals surface area (Å²) in [5.74, 6) is -0.791. The zero-order valence-electron chi connectivity index (χ0n) is 19.5. The fourth-order valence-electron chi connectivity index (χ4n) is 4.88. The summed E-state index contributed by atoms with van der Waals surface area (Å²) in [6, 6.07) is 7.46. The number of aromatic nitrogens is 2. The van der Waals surface area contributed by atoms with Gasteiger partial charge in [0.1, 0.15) is 11.3 Å². The lowest BCUT2D eigenvalue weighted by Crippen LogP contribution is -2.63. The first kappa shape index (κ1) is 24.0. The highest BCUT2D eigenvalue weighted by molar-refractivity contribution is 6.31. The number of benzene rings is 1. The first-order valence-electron chi connectivity index (χ1n) is 10.6. The lowest BCUT2D eigenvalue weighted by Gasteiger charge is -2.51. The molecule has 0 radical (unpaired) electrons. The number of Topliss-reactive ketones (excluding diaryl/α,β-unsaturated/α-hetero) is 1. The number of ketones is 1. The third kappa shape index (κ3) is 4.72. The van der Waals surface area contributed by atoms with Crippen molar-refractivity contribution >= 4 is 29.3 Å². The van der Waals surface area contributed by atoms with Crippen molar-refractivity contribution in [2.75, 3.05) is 6.61 Å². The van der Waals surface area contributed by atoms with Crippen LogP contribution in [0.5, 0.6) is 0 Å². The van der Waals surface area contributed by atoms with E-state index < -0.39 is 23.7 Å². The molecule has 1 aliphatic heterocycles. The number of carbonyl (C=O) groups is 3. The number of carbonyl (C=O) groups excluding carboxylic acids is 3. The van der Waals surface area contributed by atoms with E-state index in [1.165, 1.54) is 0 Å².